The molecular weight excluding hydrogens is 398 g/mol. The highest BCUT2D eigenvalue weighted by molar-refractivity contribution is 7.14. The molecule has 5 nitrogen and oxygen atoms in total. The molecule has 30 heavy (non-hydrogen) atoms. The summed E-state index contributed by atoms with van der Waals surface area (Å²) >= 11 is 1.47. The molecule has 6 heteroatoms. The van der Waals surface area contributed by atoms with Crippen molar-refractivity contribution in [3.05, 3.63) is 75.7 Å². The molecule has 1 aromatic heterocycles. The number of rotatable bonds is 6. The van der Waals surface area contributed by atoms with Crippen molar-refractivity contribution >= 4 is 28.8 Å². The van der Waals surface area contributed by atoms with Gasteiger partial charge >= 0.3 is 5.97 Å². The van der Waals surface area contributed by atoms with Gasteiger partial charge in [0, 0.05) is 22.2 Å². The number of nitrogens with zero attached hydrogens (tertiary/aromatic N) is 1. The third kappa shape index (κ3) is 3.91. The molecule has 0 saturated carbocycles. The first kappa shape index (κ1) is 20.0. The third-order valence-corrected chi connectivity index (χ3v) is 6.45. The molecule has 0 saturated heterocycles. The van der Waals surface area contributed by atoms with Gasteiger partial charge in [-0.25, -0.2) is 4.79 Å². The molecule has 1 aliphatic carbocycles. The lowest BCUT2D eigenvalue weighted by atomic mass is 10.0. The van der Waals surface area contributed by atoms with Gasteiger partial charge < -0.3 is 10.2 Å². The van der Waals surface area contributed by atoms with E-state index in [0.717, 1.165) is 23.3 Å². The fraction of sp³-hybridized carbons (Fsp3) is 0.208. The lowest BCUT2D eigenvalue weighted by Crippen LogP contribution is -2.07. The van der Waals surface area contributed by atoms with E-state index in [1.54, 1.807) is 6.92 Å². The smallest absolute Gasteiger partial charge is 0.335 e. The zero-order valence-corrected chi connectivity index (χ0v) is 17.3. The van der Waals surface area contributed by atoms with Crippen LogP contribution in [0.25, 0.3) is 10.4 Å². The van der Waals surface area contributed by atoms with E-state index in [2.05, 4.69) is 23.2 Å². The molecule has 0 atom stereocenters. The van der Waals surface area contributed by atoms with Crippen molar-refractivity contribution in [1.29, 1.82) is 0 Å². The van der Waals surface area contributed by atoms with E-state index >= 15 is 0 Å². The minimum absolute atomic E-state index is 0.0677. The first-order valence-electron chi connectivity index (χ1n) is 9.74. The number of hydrogen-bond donors (Lipinski definition) is 2. The van der Waals surface area contributed by atoms with Gasteiger partial charge in [0.1, 0.15) is 12.3 Å². The van der Waals surface area contributed by atoms with Crippen molar-refractivity contribution in [3.8, 4) is 16.2 Å². The summed E-state index contributed by atoms with van der Waals surface area (Å²) in [5, 5.41) is 21.6. The summed E-state index contributed by atoms with van der Waals surface area (Å²) in [6.45, 7) is 1.71. The minimum atomic E-state index is -1.03. The van der Waals surface area contributed by atoms with E-state index < -0.39 is 5.97 Å². The number of hydrogen-bond acceptors (Lipinski definition) is 5. The van der Waals surface area contributed by atoms with Gasteiger partial charge in [-0.05, 0) is 61.1 Å². The van der Waals surface area contributed by atoms with Crippen LogP contribution < -0.4 is 0 Å². The van der Waals surface area contributed by atoms with Crippen molar-refractivity contribution in [2.75, 3.05) is 6.54 Å². The molecule has 0 bridgehead atoms. The van der Waals surface area contributed by atoms with Crippen molar-refractivity contribution in [2.24, 2.45) is 4.99 Å². The van der Waals surface area contributed by atoms with Crippen LogP contribution in [0.3, 0.4) is 0 Å². The first-order valence-corrected chi connectivity index (χ1v) is 10.6. The molecule has 0 spiro atoms. The summed E-state index contributed by atoms with van der Waals surface area (Å²) in [7, 11) is 0. The molecule has 1 aliphatic rings. The summed E-state index contributed by atoms with van der Waals surface area (Å²) in [5.41, 5.74) is 5.51. The van der Waals surface area contributed by atoms with E-state index in [9.17, 15) is 14.7 Å². The first-order chi connectivity index (χ1) is 14.4. The highest BCUT2D eigenvalue weighted by atomic mass is 32.1. The highest BCUT2D eigenvalue weighted by Crippen LogP contribution is 2.40. The third-order valence-electron chi connectivity index (χ3n) is 5.43. The SMILES string of the molecule is CC(=NCC(=O)c1ccc(C(=O)O)cc1)c1csc(-c2ccc3c(c2)CCC3)c1O. The van der Waals surface area contributed by atoms with Crippen LogP contribution >= 0.6 is 11.3 Å². The standard InChI is InChI=1S/C24H21NO4S/c1-14(25-12-21(26)16-6-8-17(9-7-16)24(28)29)20-13-30-23(22(20)27)19-10-5-15-3-2-4-18(15)11-19/h5-11,13,27H,2-4,12H2,1H3,(H,28,29). The average Bonchev–Trinajstić information content (AvgIpc) is 3.37. The predicted octanol–water partition coefficient (Wildman–Crippen LogP) is 5.00. The number of Topliss-reactive ketones (excluding diaryl/α,β-unsaturated/α-hetero) is 1. The van der Waals surface area contributed by atoms with E-state index in [-0.39, 0.29) is 23.6 Å². The minimum Gasteiger partial charge on any atom is -0.506 e. The van der Waals surface area contributed by atoms with Gasteiger partial charge in [0.25, 0.3) is 0 Å². The maximum absolute atomic E-state index is 12.4. The number of aryl methyl sites for hydroxylation is 2. The maximum Gasteiger partial charge on any atom is 0.335 e. The number of ketones is 1. The number of fused-ring (bicyclic) bond motifs is 1. The number of aliphatic imine (C=N–C) groups is 1. The molecule has 152 valence electrons. The quantitative estimate of drug-likeness (QED) is 0.435. The van der Waals surface area contributed by atoms with Crippen LogP contribution in [0.4, 0.5) is 0 Å². The number of benzene rings is 2. The molecular formula is C24H21NO4S. The van der Waals surface area contributed by atoms with Crippen LogP contribution in [-0.2, 0) is 12.8 Å². The Morgan fingerprint density at radius 1 is 1.03 bits per heavy atom. The van der Waals surface area contributed by atoms with E-state index in [0.29, 0.717) is 16.8 Å². The van der Waals surface area contributed by atoms with E-state index in [4.69, 9.17) is 5.11 Å². The second kappa shape index (κ2) is 8.24. The van der Waals surface area contributed by atoms with Crippen molar-refractivity contribution in [1.82, 2.24) is 0 Å². The highest BCUT2D eigenvalue weighted by Gasteiger charge is 2.18. The summed E-state index contributed by atoms with van der Waals surface area (Å²) in [4.78, 5) is 28.4. The second-order valence-corrected chi connectivity index (χ2v) is 8.25. The number of carboxylic acids is 1. The van der Waals surface area contributed by atoms with Crippen LogP contribution in [0.5, 0.6) is 5.75 Å². The fourth-order valence-corrected chi connectivity index (χ4v) is 4.69. The van der Waals surface area contributed by atoms with Gasteiger partial charge in [-0.3, -0.25) is 9.79 Å². The number of carboxylic acid groups (broad SMARTS) is 1. The topological polar surface area (TPSA) is 87.0 Å². The van der Waals surface area contributed by atoms with Gasteiger partial charge in [0.05, 0.1) is 10.4 Å². The van der Waals surface area contributed by atoms with Crippen LogP contribution in [0.15, 0.2) is 52.8 Å². The number of aromatic hydroxyl groups is 1. The number of aromatic carboxylic acids is 1. The maximum atomic E-state index is 12.4. The summed E-state index contributed by atoms with van der Waals surface area (Å²) < 4.78 is 0. The Morgan fingerprint density at radius 2 is 1.73 bits per heavy atom. The van der Waals surface area contributed by atoms with Crippen LogP contribution in [0.2, 0.25) is 0 Å². The summed E-state index contributed by atoms with van der Waals surface area (Å²) in [5.74, 6) is -1.05. The fourth-order valence-electron chi connectivity index (χ4n) is 3.69. The normalized spacial score (nSPS) is 13.3. The molecule has 2 N–H and O–H groups in total. The largest absolute Gasteiger partial charge is 0.506 e. The zero-order chi connectivity index (χ0) is 21.3. The van der Waals surface area contributed by atoms with Crippen molar-refractivity contribution in [3.63, 3.8) is 0 Å². The lowest BCUT2D eigenvalue weighted by molar-refractivity contribution is 0.0696. The Morgan fingerprint density at radius 3 is 2.47 bits per heavy atom. The number of carbonyl (C=O) groups is 2. The molecule has 4 rings (SSSR count). The predicted molar refractivity (Wildman–Crippen MR) is 118 cm³/mol. The average molecular weight is 420 g/mol. The molecule has 0 fully saturated rings. The van der Waals surface area contributed by atoms with Crippen LogP contribution in [0.1, 0.15) is 50.8 Å². The Kier molecular flexibility index (Phi) is 5.50. The van der Waals surface area contributed by atoms with E-state index in [1.165, 1.54) is 53.1 Å². The van der Waals surface area contributed by atoms with Gasteiger partial charge in [-0.2, -0.15) is 0 Å². The molecule has 0 unspecified atom stereocenters. The Hall–Kier alpha value is -3.25. The zero-order valence-electron chi connectivity index (χ0n) is 16.5. The Labute approximate surface area is 178 Å². The molecule has 3 aromatic rings. The molecule has 1 heterocycles. The van der Waals surface area contributed by atoms with Crippen molar-refractivity contribution < 1.29 is 19.8 Å². The molecule has 0 aliphatic heterocycles. The van der Waals surface area contributed by atoms with Gasteiger partial charge in [0.2, 0.25) is 0 Å². The van der Waals surface area contributed by atoms with Crippen molar-refractivity contribution in [2.45, 2.75) is 26.2 Å². The monoisotopic (exact) mass is 419 g/mol. The van der Waals surface area contributed by atoms with Gasteiger partial charge in [-0.1, -0.05) is 24.3 Å². The number of thiophene rings is 1. The second-order valence-electron chi connectivity index (χ2n) is 7.37. The Balaban J connectivity index is 1.51. The molecule has 2 aromatic carbocycles. The van der Waals surface area contributed by atoms with Crippen LogP contribution in [0, 0.1) is 0 Å². The number of carbonyl (C=O) groups excluding carboxylic acids is 1. The van der Waals surface area contributed by atoms with Gasteiger partial charge in [0.15, 0.2) is 5.78 Å². The summed E-state index contributed by atoms with van der Waals surface area (Å²) in [6, 6.07) is 12.1. The van der Waals surface area contributed by atoms with Gasteiger partial charge in [-0.15, -0.1) is 11.3 Å². The summed E-state index contributed by atoms with van der Waals surface area (Å²) in [6.07, 6.45) is 3.38. The lowest BCUT2D eigenvalue weighted by Gasteiger charge is -2.05. The Bertz CT molecular complexity index is 1160. The molecule has 0 amide bonds. The molecule has 0 radical (unpaired) electrons. The van der Waals surface area contributed by atoms with E-state index in [1.807, 2.05) is 5.38 Å². The van der Waals surface area contributed by atoms with Crippen LogP contribution in [-0.4, -0.2) is 34.2 Å².